The number of benzene rings is 1. The minimum Gasteiger partial charge on any atom is -0.493 e. The van der Waals surface area contributed by atoms with E-state index in [0.717, 1.165) is 6.07 Å². The molecule has 0 saturated heterocycles. The zero-order valence-corrected chi connectivity index (χ0v) is 11.5. The first-order chi connectivity index (χ1) is 9.86. The van der Waals surface area contributed by atoms with Crippen LogP contribution in [0.3, 0.4) is 0 Å². The highest BCUT2D eigenvalue weighted by Gasteiger charge is 2.21. The van der Waals surface area contributed by atoms with Crippen molar-refractivity contribution in [1.82, 2.24) is 0 Å². The molecule has 1 aromatic carbocycles. The van der Waals surface area contributed by atoms with Gasteiger partial charge in [0.2, 0.25) is 0 Å². The maximum atomic E-state index is 11.0. The summed E-state index contributed by atoms with van der Waals surface area (Å²) in [7, 11) is 0. The SMILES string of the molecule is CC(O)c1cc(CO)c(OCCCC(=O)O)cc1[N+](=O)[O-]. The predicted octanol–water partition coefficient (Wildman–Crippen LogP) is 1.38. The molecule has 1 rings (SSSR count). The molecule has 0 spiro atoms. The number of nitro benzene ring substituents is 1. The monoisotopic (exact) mass is 299 g/mol. The van der Waals surface area contributed by atoms with Gasteiger partial charge >= 0.3 is 5.97 Å². The second-order valence-corrected chi connectivity index (χ2v) is 4.46. The predicted molar refractivity (Wildman–Crippen MR) is 72.0 cm³/mol. The van der Waals surface area contributed by atoms with Crippen LogP contribution >= 0.6 is 0 Å². The molecule has 0 aromatic heterocycles. The van der Waals surface area contributed by atoms with E-state index in [9.17, 15) is 25.1 Å². The summed E-state index contributed by atoms with van der Waals surface area (Å²) in [6, 6.07) is 2.45. The molecule has 0 bridgehead atoms. The molecule has 0 aliphatic rings. The fourth-order valence-electron chi connectivity index (χ4n) is 1.79. The summed E-state index contributed by atoms with van der Waals surface area (Å²) in [5.41, 5.74) is 0.0733. The topological polar surface area (TPSA) is 130 Å². The first-order valence-corrected chi connectivity index (χ1v) is 6.31. The Kier molecular flexibility index (Phi) is 6.07. The molecule has 0 amide bonds. The van der Waals surface area contributed by atoms with E-state index in [4.69, 9.17) is 9.84 Å². The van der Waals surface area contributed by atoms with Crippen LogP contribution < -0.4 is 4.74 Å². The molecule has 0 aliphatic carbocycles. The number of aliphatic hydroxyl groups excluding tert-OH is 2. The van der Waals surface area contributed by atoms with Gasteiger partial charge in [-0.25, -0.2) is 0 Å². The van der Waals surface area contributed by atoms with Gasteiger partial charge in [-0.15, -0.1) is 0 Å². The van der Waals surface area contributed by atoms with Crippen LogP contribution in [0.4, 0.5) is 5.69 Å². The Bertz CT molecular complexity index is 527. The number of aliphatic hydroxyl groups is 2. The standard InChI is InChI=1S/C13H17NO7/c1-8(16)10-5-9(7-15)12(6-11(10)14(19)20)21-4-2-3-13(17)18/h5-6,8,15-16H,2-4,7H2,1H3,(H,17,18). The maximum absolute atomic E-state index is 11.0. The van der Waals surface area contributed by atoms with Crippen molar-refractivity contribution in [3.05, 3.63) is 33.4 Å². The Labute approximate surface area is 120 Å². The number of carboxylic acid groups (broad SMARTS) is 1. The molecular formula is C13H17NO7. The van der Waals surface area contributed by atoms with Gasteiger partial charge in [0.05, 0.1) is 35.9 Å². The molecule has 0 saturated carbocycles. The van der Waals surface area contributed by atoms with Gasteiger partial charge in [-0.3, -0.25) is 14.9 Å². The summed E-state index contributed by atoms with van der Waals surface area (Å²) < 4.78 is 5.29. The first-order valence-electron chi connectivity index (χ1n) is 6.31. The fraction of sp³-hybridized carbons (Fsp3) is 0.462. The van der Waals surface area contributed by atoms with Crippen molar-refractivity contribution in [1.29, 1.82) is 0 Å². The first kappa shape index (κ1) is 16.9. The molecule has 0 aliphatic heterocycles. The van der Waals surface area contributed by atoms with Crippen LogP contribution in [0, 0.1) is 10.1 Å². The van der Waals surface area contributed by atoms with Gasteiger partial charge in [-0.2, -0.15) is 0 Å². The van der Waals surface area contributed by atoms with Gasteiger partial charge in [0, 0.05) is 12.0 Å². The zero-order valence-electron chi connectivity index (χ0n) is 11.5. The second kappa shape index (κ2) is 7.55. The summed E-state index contributed by atoms with van der Waals surface area (Å²) >= 11 is 0. The van der Waals surface area contributed by atoms with Crippen LogP contribution in [0.15, 0.2) is 12.1 Å². The van der Waals surface area contributed by atoms with Crippen molar-refractivity contribution >= 4 is 11.7 Å². The number of aliphatic carboxylic acids is 1. The van der Waals surface area contributed by atoms with Crippen molar-refractivity contribution in [2.24, 2.45) is 0 Å². The molecule has 0 radical (unpaired) electrons. The minimum atomic E-state index is -1.06. The Morgan fingerprint density at radius 1 is 1.48 bits per heavy atom. The maximum Gasteiger partial charge on any atom is 0.303 e. The molecule has 3 N–H and O–H groups in total. The molecule has 0 heterocycles. The molecular weight excluding hydrogens is 282 g/mol. The van der Waals surface area contributed by atoms with Crippen LogP contribution in [-0.2, 0) is 11.4 Å². The molecule has 1 aromatic rings. The molecule has 116 valence electrons. The van der Waals surface area contributed by atoms with Crippen molar-refractivity contribution < 1.29 is 29.8 Å². The lowest BCUT2D eigenvalue weighted by molar-refractivity contribution is -0.386. The van der Waals surface area contributed by atoms with E-state index in [1.807, 2.05) is 0 Å². The number of carboxylic acids is 1. The summed E-state index contributed by atoms with van der Waals surface area (Å²) in [6.45, 7) is 1.04. The molecule has 0 fully saturated rings. The van der Waals surface area contributed by atoms with Crippen molar-refractivity contribution in [3.8, 4) is 5.75 Å². The van der Waals surface area contributed by atoms with Crippen LogP contribution in [0.25, 0.3) is 0 Å². The Morgan fingerprint density at radius 3 is 2.62 bits per heavy atom. The highest BCUT2D eigenvalue weighted by molar-refractivity contribution is 5.66. The van der Waals surface area contributed by atoms with Crippen LogP contribution in [0.1, 0.15) is 37.0 Å². The van der Waals surface area contributed by atoms with E-state index in [0.29, 0.717) is 5.56 Å². The van der Waals surface area contributed by atoms with Gasteiger partial charge in [-0.1, -0.05) is 0 Å². The molecule has 21 heavy (non-hydrogen) atoms. The number of rotatable bonds is 8. The van der Waals surface area contributed by atoms with Gasteiger partial charge in [0.15, 0.2) is 0 Å². The van der Waals surface area contributed by atoms with Crippen LogP contribution in [0.5, 0.6) is 5.75 Å². The molecule has 1 unspecified atom stereocenters. The van der Waals surface area contributed by atoms with Crippen molar-refractivity contribution in [2.75, 3.05) is 6.61 Å². The van der Waals surface area contributed by atoms with E-state index in [2.05, 4.69) is 0 Å². The third-order valence-corrected chi connectivity index (χ3v) is 2.82. The van der Waals surface area contributed by atoms with E-state index in [1.165, 1.54) is 13.0 Å². The fourth-order valence-corrected chi connectivity index (χ4v) is 1.79. The highest BCUT2D eigenvalue weighted by Crippen LogP contribution is 2.33. The number of ether oxygens (including phenoxy) is 1. The van der Waals surface area contributed by atoms with Gasteiger partial charge < -0.3 is 20.1 Å². The molecule has 1 atom stereocenters. The normalized spacial score (nSPS) is 12.0. The van der Waals surface area contributed by atoms with Gasteiger partial charge in [0.25, 0.3) is 5.69 Å². The van der Waals surface area contributed by atoms with E-state index < -0.39 is 23.6 Å². The lowest BCUT2D eigenvalue weighted by Gasteiger charge is -2.13. The average molecular weight is 299 g/mol. The summed E-state index contributed by atoms with van der Waals surface area (Å²) in [4.78, 5) is 20.7. The minimum absolute atomic E-state index is 0.0600. The number of nitrogens with zero attached hydrogens (tertiary/aromatic N) is 1. The average Bonchev–Trinajstić information content (AvgIpc) is 2.42. The summed E-state index contributed by atoms with van der Waals surface area (Å²) in [5.74, 6) is -0.851. The number of nitro groups is 1. The third-order valence-electron chi connectivity index (χ3n) is 2.82. The Morgan fingerprint density at radius 2 is 2.14 bits per heavy atom. The summed E-state index contributed by atoms with van der Waals surface area (Å²) in [5, 5.41) is 38.3. The molecule has 8 heteroatoms. The zero-order chi connectivity index (χ0) is 16.0. The number of carbonyl (C=O) groups is 1. The summed E-state index contributed by atoms with van der Waals surface area (Å²) in [6.07, 6.45) is -0.897. The second-order valence-electron chi connectivity index (χ2n) is 4.46. The largest absolute Gasteiger partial charge is 0.493 e. The smallest absolute Gasteiger partial charge is 0.303 e. The van der Waals surface area contributed by atoms with Crippen molar-refractivity contribution in [2.45, 2.75) is 32.5 Å². The van der Waals surface area contributed by atoms with Crippen LogP contribution in [0.2, 0.25) is 0 Å². The highest BCUT2D eigenvalue weighted by atomic mass is 16.6. The van der Waals surface area contributed by atoms with Gasteiger partial charge in [-0.05, 0) is 19.4 Å². The van der Waals surface area contributed by atoms with E-state index >= 15 is 0 Å². The quantitative estimate of drug-likeness (QED) is 0.375. The van der Waals surface area contributed by atoms with Crippen molar-refractivity contribution in [3.63, 3.8) is 0 Å². The Hall–Kier alpha value is -2.19. The van der Waals surface area contributed by atoms with E-state index in [1.54, 1.807) is 0 Å². The molecule has 8 nitrogen and oxygen atoms in total. The lowest BCUT2D eigenvalue weighted by atomic mass is 10.0. The number of hydrogen-bond donors (Lipinski definition) is 3. The number of hydrogen-bond acceptors (Lipinski definition) is 6. The third kappa shape index (κ3) is 4.69. The van der Waals surface area contributed by atoms with Crippen LogP contribution in [-0.4, -0.2) is 32.8 Å². The lowest BCUT2D eigenvalue weighted by Crippen LogP contribution is -2.06. The Balaban J connectivity index is 2.99. The van der Waals surface area contributed by atoms with E-state index in [-0.39, 0.29) is 36.4 Å². The van der Waals surface area contributed by atoms with Gasteiger partial charge in [0.1, 0.15) is 5.75 Å².